The van der Waals surface area contributed by atoms with Crippen molar-refractivity contribution >= 4 is 5.69 Å². The van der Waals surface area contributed by atoms with Crippen LogP contribution in [-0.2, 0) is 6.42 Å². The zero-order valence-corrected chi connectivity index (χ0v) is 11.3. The number of halogens is 1. The first-order valence-corrected chi connectivity index (χ1v) is 6.74. The van der Waals surface area contributed by atoms with Crippen LogP contribution in [0, 0.1) is 13.8 Å². The fraction of sp³-hybridized carbons (Fsp3) is 0.294. The second-order valence-electron chi connectivity index (χ2n) is 5.21. The summed E-state index contributed by atoms with van der Waals surface area (Å²) in [5.74, 6) is 0. The van der Waals surface area contributed by atoms with Crippen LogP contribution in [0.2, 0.25) is 0 Å². The number of benzene rings is 2. The summed E-state index contributed by atoms with van der Waals surface area (Å²) >= 11 is 0. The smallest absolute Gasteiger partial charge is 0.152 e. The molecule has 0 aliphatic carbocycles. The minimum absolute atomic E-state index is 0.767. The summed E-state index contributed by atoms with van der Waals surface area (Å²) < 4.78 is 14.9. The number of hydrogen-bond acceptors (Lipinski definition) is 1. The van der Waals surface area contributed by atoms with Crippen molar-refractivity contribution in [1.82, 2.24) is 0 Å². The van der Waals surface area contributed by atoms with Gasteiger partial charge in [-0.2, -0.15) is 0 Å². The van der Waals surface area contributed by atoms with Crippen molar-refractivity contribution in [3.63, 3.8) is 0 Å². The Morgan fingerprint density at radius 1 is 1.05 bits per heavy atom. The van der Waals surface area contributed by atoms with E-state index in [0.29, 0.717) is 0 Å². The van der Waals surface area contributed by atoms with Crippen molar-refractivity contribution < 1.29 is 4.39 Å². The van der Waals surface area contributed by atoms with Gasteiger partial charge in [0.15, 0.2) is 6.17 Å². The molecule has 1 atom stereocenters. The van der Waals surface area contributed by atoms with E-state index >= 15 is 0 Å². The van der Waals surface area contributed by atoms with Crippen LogP contribution in [0.3, 0.4) is 0 Å². The minimum Gasteiger partial charge on any atom is -0.384 e. The lowest BCUT2D eigenvalue weighted by Crippen LogP contribution is -2.02. The third-order valence-electron chi connectivity index (χ3n) is 4.07. The van der Waals surface area contributed by atoms with Crippen LogP contribution < -0.4 is 5.32 Å². The highest BCUT2D eigenvalue weighted by atomic mass is 19.1. The van der Waals surface area contributed by atoms with Crippen LogP contribution in [0.25, 0.3) is 0 Å². The molecule has 1 aliphatic rings. The van der Waals surface area contributed by atoms with Gasteiger partial charge >= 0.3 is 0 Å². The zero-order valence-electron chi connectivity index (χ0n) is 11.3. The fourth-order valence-corrected chi connectivity index (χ4v) is 2.79. The van der Waals surface area contributed by atoms with E-state index in [4.69, 9.17) is 0 Å². The molecule has 0 spiro atoms. The topological polar surface area (TPSA) is 12.0 Å². The van der Waals surface area contributed by atoms with Gasteiger partial charge in [0.05, 0.1) is 0 Å². The highest BCUT2D eigenvalue weighted by molar-refractivity contribution is 5.63. The van der Waals surface area contributed by atoms with Crippen molar-refractivity contribution in [2.75, 3.05) is 11.9 Å². The zero-order chi connectivity index (χ0) is 13.4. The van der Waals surface area contributed by atoms with E-state index in [9.17, 15) is 4.39 Å². The summed E-state index contributed by atoms with van der Waals surface area (Å²) in [6, 6.07) is 11.8. The highest BCUT2D eigenvalue weighted by Crippen LogP contribution is 2.37. The maximum absolute atomic E-state index is 14.9. The van der Waals surface area contributed by atoms with Gasteiger partial charge < -0.3 is 5.32 Å². The largest absolute Gasteiger partial charge is 0.384 e. The van der Waals surface area contributed by atoms with E-state index in [-0.39, 0.29) is 0 Å². The normalized spacial score (nSPS) is 14.9. The monoisotopic (exact) mass is 255 g/mol. The molecule has 0 aromatic heterocycles. The summed E-state index contributed by atoms with van der Waals surface area (Å²) in [6.45, 7) is 4.93. The van der Waals surface area contributed by atoms with E-state index in [1.54, 1.807) is 0 Å². The summed E-state index contributed by atoms with van der Waals surface area (Å²) in [7, 11) is 0. The molecule has 1 nitrogen and oxygen atoms in total. The molecule has 0 saturated heterocycles. The molecule has 19 heavy (non-hydrogen) atoms. The maximum Gasteiger partial charge on any atom is 0.152 e. The quantitative estimate of drug-likeness (QED) is 0.842. The Hall–Kier alpha value is -1.83. The second-order valence-corrected chi connectivity index (χ2v) is 5.21. The molecule has 0 fully saturated rings. The van der Waals surface area contributed by atoms with E-state index in [0.717, 1.165) is 40.9 Å². The van der Waals surface area contributed by atoms with Crippen LogP contribution in [0.4, 0.5) is 10.1 Å². The Kier molecular flexibility index (Phi) is 3.02. The SMILES string of the molecule is Cc1cccc(C(F)c2cccc3c2NCC3)c1C. The number of rotatable bonds is 2. The van der Waals surface area contributed by atoms with Gasteiger partial charge in [-0.1, -0.05) is 36.4 Å². The minimum atomic E-state index is -1.06. The van der Waals surface area contributed by atoms with E-state index in [1.165, 1.54) is 5.56 Å². The second kappa shape index (κ2) is 4.69. The third-order valence-corrected chi connectivity index (χ3v) is 4.07. The predicted octanol–water partition coefficient (Wildman–Crippen LogP) is 4.33. The van der Waals surface area contributed by atoms with Crippen molar-refractivity contribution in [3.8, 4) is 0 Å². The predicted molar refractivity (Wildman–Crippen MR) is 77.5 cm³/mol. The first kappa shape index (κ1) is 12.2. The number of para-hydroxylation sites is 1. The molecule has 2 aromatic rings. The molecule has 0 amide bonds. The lowest BCUT2D eigenvalue weighted by Gasteiger charge is -2.16. The molecular formula is C17H18FN. The molecule has 0 radical (unpaired) electrons. The van der Waals surface area contributed by atoms with Crippen molar-refractivity contribution in [2.24, 2.45) is 0 Å². The third kappa shape index (κ3) is 2.01. The number of alkyl halides is 1. The van der Waals surface area contributed by atoms with Gasteiger partial charge in [0.25, 0.3) is 0 Å². The van der Waals surface area contributed by atoms with Gasteiger partial charge in [0.2, 0.25) is 0 Å². The first-order valence-electron chi connectivity index (χ1n) is 6.74. The number of nitrogens with one attached hydrogen (secondary N) is 1. The van der Waals surface area contributed by atoms with Crippen molar-refractivity contribution in [2.45, 2.75) is 26.4 Å². The molecular weight excluding hydrogens is 237 g/mol. The molecule has 3 rings (SSSR count). The summed E-state index contributed by atoms with van der Waals surface area (Å²) in [5.41, 5.74) is 5.96. The Bertz CT molecular complexity index is 619. The molecule has 0 saturated carbocycles. The summed E-state index contributed by atoms with van der Waals surface area (Å²) in [5, 5.41) is 3.31. The van der Waals surface area contributed by atoms with Gasteiger partial charge in [-0.15, -0.1) is 0 Å². The number of aryl methyl sites for hydroxylation is 1. The summed E-state index contributed by atoms with van der Waals surface area (Å²) in [4.78, 5) is 0. The molecule has 1 aliphatic heterocycles. The van der Waals surface area contributed by atoms with Crippen LogP contribution in [-0.4, -0.2) is 6.54 Å². The molecule has 2 aromatic carbocycles. The number of fused-ring (bicyclic) bond motifs is 1. The van der Waals surface area contributed by atoms with E-state index in [2.05, 4.69) is 11.4 Å². The molecule has 1 unspecified atom stereocenters. The molecule has 98 valence electrons. The van der Waals surface area contributed by atoms with E-state index in [1.807, 2.05) is 44.2 Å². The van der Waals surface area contributed by atoms with Gasteiger partial charge in [-0.05, 0) is 42.5 Å². The van der Waals surface area contributed by atoms with Gasteiger partial charge in [0, 0.05) is 17.8 Å². The van der Waals surface area contributed by atoms with Gasteiger partial charge in [-0.25, -0.2) is 4.39 Å². The van der Waals surface area contributed by atoms with Crippen LogP contribution in [0.5, 0.6) is 0 Å². The maximum atomic E-state index is 14.9. The van der Waals surface area contributed by atoms with Gasteiger partial charge in [0.1, 0.15) is 0 Å². The lowest BCUT2D eigenvalue weighted by molar-refractivity contribution is 0.401. The summed E-state index contributed by atoms with van der Waals surface area (Å²) in [6.07, 6.45) is -0.0664. The standard InChI is InChI=1S/C17H18FN/c1-11-5-3-7-14(12(11)2)16(18)15-8-4-6-13-9-10-19-17(13)15/h3-8,16,19H,9-10H2,1-2H3. The van der Waals surface area contributed by atoms with Crippen LogP contribution in [0.15, 0.2) is 36.4 Å². The Balaban J connectivity index is 2.08. The Morgan fingerprint density at radius 3 is 2.63 bits per heavy atom. The average Bonchev–Trinajstić information content (AvgIpc) is 2.89. The number of hydrogen-bond donors (Lipinski definition) is 1. The lowest BCUT2D eigenvalue weighted by atomic mass is 9.94. The van der Waals surface area contributed by atoms with Gasteiger partial charge in [-0.3, -0.25) is 0 Å². The first-order chi connectivity index (χ1) is 9.18. The molecule has 2 heteroatoms. The average molecular weight is 255 g/mol. The van der Waals surface area contributed by atoms with E-state index < -0.39 is 6.17 Å². The number of anilines is 1. The van der Waals surface area contributed by atoms with Crippen LogP contribution in [0.1, 0.15) is 34.0 Å². The van der Waals surface area contributed by atoms with Crippen molar-refractivity contribution in [1.29, 1.82) is 0 Å². The van der Waals surface area contributed by atoms with Crippen LogP contribution >= 0.6 is 0 Å². The Morgan fingerprint density at radius 2 is 1.79 bits per heavy atom. The highest BCUT2D eigenvalue weighted by Gasteiger charge is 2.22. The molecule has 0 bridgehead atoms. The molecule has 1 N–H and O–H groups in total. The van der Waals surface area contributed by atoms with Crippen molar-refractivity contribution in [3.05, 3.63) is 64.2 Å². The Labute approximate surface area is 113 Å². The fourth-order valence-electron chi connectivity index (χ4n) is 2.79. The molecule has 1 heterocycles.